The maximum absolute atomic E-state index is 11.4. The van der Waals surface area contributed by atoms with Crippen LogP contribution in [-0.4, -0.2) is 45.2 Å². The Hall–Kier alpha value is -0.950. The largest absolute Gasteiger partial charge is 0.459 e. The molecule has 2 heterocycles. The molecule has 0 N–H and O–H groups in total. The van der Waals surface area contributed by atoms with Gasteiger partial charge in [-0.15, -0.1) is 0 Å². The summed E-state index contributed by atoms with van der Waals surface area (Å²) in [4.78, 5) is 11.4. The Bertz CT molecular complexity index is 253. The van der Waals surface area contributed by atoms with E-state index in [1.54, 1.807) is 0 Å². The molecule has 2 fully saturated rings. The van der Waals surface area contributed by atoms with E-state index in [-0.39, 0.29) is 31.9 Å². The Balaban J connectivity index is 1.74. The number of carbonyl (C=O) groups excluding carboxylic acids is 1. The van der Waals surface area contributed by atoms with Crippen molar-refractivity contribution in [2.75, 3.05) is 26.8 Å². The zero-order chi connectivity index (χ0) is 10.7. The fraction of sp³-hybridized carbons (Fsp3) is 0.667. The third-order valence-electron chi connectivity index (χ3n) is 1.95. The quantitative estimate of drug-likeness (QED) is 0.368. The van der Waals surface area contributed by atoms with Gasteiger partial charge in [-0.2, -0.15) is 0 Å². The second-order valence-corrected chi connectivity index (χ2v) is 3.18. The van der Waals surface area contributed by atoms with Crippen molar-refractivity contribution in [3.05, 3.63) is 12.2 Å². The SMILES string of the molecule is C=C(C(=O)OCC1CO1)C1OCOCO1. The standard InChI is InChI=1S/C9H12O6/c1-6(9-14-4-11-5-15-9)8(10)13-3-7-2-12-7/h7,9H,1-5H2. The number of esters is 1. The van der Waals surface area contributed by atoms with Crippen LogP contribution in [0.5, 0.6) is 0 Å². The third kappa shape index (κ3) is 3.00. The summed E-state index contributed by atoms with van der Waals surface area (Å²) in [5.74, 6) is -0.530. The minimum absolute atomic E-state index is 0.0401. The van der Waals surface area contributed by atoms with Gasteiger partial charge < -0.3 is 23.7 Å². The van der Waals surface area contributed by atoms with Crippen LogP contribution in [0.1, 0.15) is 0 Å². The van der Waals surface area contributed by atoms with E-state index in [0.29, 0.717) is 6.61 Å². The Morgan fingerprint density at radius 1 is 1.33 bits per heavy atom. The average Bonchev–Trinajstić information content (AvgIpc) is 3.10. The summed E-state index contributed by atoms with van der Waals surface area (Å²) in [6.45, 7) is 4.62. The maximum Gasteiger partial charge on any atom is 0.338 e. The van der Waals surface area contributed by atoms with Crippen LogP contribution in [0.15, 0.2) is 12.2 Å². The molecule has 1 atom stereocenters. The second-order valence-electron chi connectivity index (χ2n) is 3.18. The molecule has 2 saturated heterocycles. The summed E-state index contributed by atoms with van der Waals surface area (Å²) in [6, 6.07) is 0. The Morgan fingerprint density at radius 3 is 2.60 bits per heavy atom. The third-order valence-corrected chi connectivity index (χ3v) is 1.95. The maximum atomic E-state index is 11.4. The van der Waals surface area contributed by atoms with Gasteiger partial charge in [-0.25, -0.2) is 4.79 Å². The van der Waals surface area contributed by atoms with Crippen molar-refractivity contribution in [3.63, 3.8) is 0 Å². The first-order valence-electron chi connectivity index (χ1n) is 4.56. The molecule has 0 aromatic rings. The zero-order valence-corrected chi connectivity index (χ0v) is 8.14. The molecule has 0 bridgehead atoms. The first kappa shape index (κ1) is 10.6. The molecule has 15 heavy (non-hydrogen) atoms. The number of epoxide rings is 1. The van der Waals surface area contributed by atoms with E-state index in [9.17, 15) is 4.79 Å². The highest BCUT2D eigenvalue weighted by Crippen LogP contribution is 2.14. The molecule has 0 aliphatic carbocycles. The minimum atomic E-state index is -0.772. The molecule has 1 unspecified atom stereocenters. The van der Waals surface area contributed by atoms with E-state index < -0.39 is 12.3 Å². The highest BCUT2D eigenvalue weighted by Gasteiger charge is 2.28. The van der Waals surface area contributed by atoms with Gasteiger partial charge in [0.1, 0.15) is 12.7 Å². The summed E-state index contributed by atoms with van der Waals surface area (Å²) in [6.07, 6.45) is -0.732. The predicted molar refractivity (Wildman–Crippen MR) is 46.6 cm³/mol. The van der Waals surface area contributed by atoms with Gasteiger partial charge in [0.2, 0.25) is 0 Å². The predicted octanol–water partition coefficient (Wildman–Crippen LogP) is -0.211. The van der Waals surface area contributed by atoms with Crippen LogP contribution in [0, 0.1) is 0 Å². The van der Waals surface area contributed by atoms with Crippen LogP contribution in [0.4, 0.5) is 0 Å². The van der Waals surface area contributed by atoms with E-state index in [0.717, 1.165) is 0 Å². The van der Waals surface area contributed by atoms with E-state index >= 15 is 0 Å². The number of hydrogen-bond acceptors (Lipinski definition) is 6. The van der Waals surface area contributed by atoms with Crippen molar-refractivity contribution in [2.45, 2.75) is 12.4 Å². The van der Waals surface area contributed by atoms with Gasteiger partial charge in [-0.3, -0.25) is 0 Å². The molecule has 2 rings (SSSR count). The molecule has 84 valence electrons. The fourth-order valence-electron chi connectivity index (χ4n) is 1.02. The molecule has 2 aliphatic rings. The lowest BCUT2D eigenvalue weighted by atomic mass is 10.3. The van der Waals surface area contributed by atoms with Gasteiger partial charge in [-0.1, -0.05) is 6.58 Å². The van der Waals surface area contributed by atoms with Crippen LogP contribution in [-0.2, 0) is 28.5 Å². The minimum Gasteiger partial charge on any atom is -0.459 e. The average molecular weight is 216 g/mol. The molecule has 6 heteroatoms. The normalized spacial score (nSPS) is 26.0. The van der Waals surface area contributed by atoms with Gasteiger partial charge in [0.25, 0.3) is 0 Å². The Kier molecular flexibility index (Phi) is 3.32. The van der Waals surface area contributed by atoms with Gasteiger partial charge in [0, 0.05) is 0 Å². The summed E-state index contributed by atoms with van der Waals surface area (Å²) in [7, 11) is 0. The second kappa shape index (κ2) is 4.71. The van der Waals surface area contributed by atoms with E-state index in [1.165, 1.54) is 0 Å². The number of hydrogen-bond donors (Lipinski definition) is 0. The number of carbonyl (C=O) groups is 1. The lowest BCUT2D eigenvalue weighted by Crippen LogP contribution is -2.31. The van der Waals surface area contributed by atoms with Crippen molar-refractivity contribution in [1.29, 1.82) is 0 Å². The molecule has 0 spiro atoms. The Morgan fingerprint density at radius 2 is 2.00 bits per heavy atom. The van der Waals surface area contributed by atoms with Gasteiger partial charge in [-0.05, 0) is 0 Å². The van der Waals surface area contributed by atoms with Crippen molar-refractivity contribution in [2.24, 2.45) is 0 Å². The lowest BCUT2D eigenvalue weighted by Gasteiger charge is -2.23. The summed E-state index contributed by atoms with van der Waals surface area (Å²) >= 11 is 0. The van der Waals surface area contributed by atoms with Crippen LogP contribution in [0.25, 0.3) is 0 Å². The van der Waals surface area contributed by atoms with Crippen molar-refractivity contribution >= 4 is 5.97 Å². The van der Waals surface area contributed by atoms with Crippen LogP contribution < -0.4 is 0 Å². The van der Waals surface area contributed by atoms with Crippen LogP contribution in [0.3, 0.4) is 0 Å². The van der Waals surface area contributed by atoms with E-state index in [4.69, 9.17) is 23.7 Å². The topological polar surface area (TPSA) is 66.5 Å². The first-order chi connectivity index (χ1) is 7.27. The summed E-state index contributed by atoms with van der Waals surface area (Å²) in [5.41, 5.74) is 0.138. The van der Waals surface area contributed by atoms with Crippen molar-refractivity contribution in [1.82, 2.24) is 0 Å². The fourth-order valence-corrected chi connectivity index (χ4v) is 1.02. The smallest absolute Gasteiger partial charge is 0.338 e. The highest BCUT2D eigenvalue weighted by atomic mass is 16.8. The molecule has 0 aromatic carbocycles. The monoisotopic (exact) mass is 216 g/mol. The van der Waals surface area contributed by atoms with Crippen molar-refractivity contribution < 1.29 is 28.5 Å². The van der Waals surface area contributed by atoms with Crippen LogP contribution in [0.2, 0.25) is 0 Å². The van der Waals surface area contributed by atoms with Crippen LogP contribution >= 0.6 is 0 Å². The van der Waals surface area contributed by atoms with E-state index in [1.807, 2.05) is 0 Å². The molecule has 2 aliphatic heterocycles. The Labute approximate surface area is 86.7 Å². The molecule has 0 aromatic heterocycles. The molecular weight excluding hydrogens is 204 g/mol. The van der Waals surface area contributed by atoms with Gasteiger partial charge >= 0.3 is 5.97 Å². The molecule has 0 saturated carbocycles. The molecule has 6 nitrogen and oxygen atoms in total. The summed E-state index contributed by atoms with van der Waals surface area (Å²) in [5, 5.41) is 0. The highest BCUT2D eigenvalue weighted by molar-refractivity contribution is 5.88. The zero-order valence-electron chi connectivity index (χ0n) is 8.14. The number of rotatable bonds is 4. The molecular formula is C9H12O6. The van der Waals surface area contributed by atoms with Crippen molar-refractivity contribution in [3.8, 4) is 0 Å². The van der Waals surface area contributed by atoms with Gasteiger partial charge in [0.05, 0.1) is 12.2 Å². The molecule has 0 radical (unpaired) electrons. The molecule has 0 amide bonds. The summed E-state index contributed by atoms with van der Waals surface area (Å²) < 4.78 is 24.6. The van der Waals surface area contributed by atoms with E-state index in [2.05, 4.69) is 6.58 Å². The van der Waals surface area contributed by atoms with Gasteiger partial charge in [0.15, 0.2) is 19.9 Å². The lowest BCUT2D eigenvalue weighted by molar-refractivity contribution is -0.284. The number of ether oxygens (including phenoxy) is 5. The first-order valence-corrected chi connectivity index (χ1v) is 4.56.